The summed E-state index contributed by atoms with van der Waals surface area (Å²) in [6.07, 6.45) is -5.62. The van der Waals surface area contributed by atoms with Gasteiger partial charge in [0.2, 0.25) is 0 Å². The quantitative estimate of drug-likeness (QED) is 0.114. The van der Waals surface area contributed by atoms with Crippen LogP contribution in [0.5, 0.6) is 5.75 Å². The predicted octanol–water partition coefficient (Wildman–Crippen LogP) is 8.05. The summed E-state index contributed by atoms with van der Waals surface area (Å²) in [6.45, 7) is 23.0. The topological polar surface area (TPSA) is 167 Å². The molecule has 0 aliphatic carbocycles. The number of hydrogen-bond acceptors (Lipinski definition) is 16. The normalized spacial score (nSPS) is 41.4. The summed E-state index contributed by atoms with van der Waals surface area (Å²) in [5, 5.41) is 11.1. The summed E-state index contributed by atoms with van der Waals surface area (Å²) >= 11 is 3.76. The lowest BCUT2D eigenvalue weighted by Gasteiger charge is -2.50. The van der Waals surface area contributed by atoms with Crippen LogP contribution in [-0.2, 0) is 62.8 Å². The number of aliphatic hydroxyl groups excluding tert-OH is 1. The van der Waals surface area contributed by atoms with E-state index in [2.05, 4.69) is 36.4 Å². The zero-order valence-electron chi connectivity index (χ0n) is 44.6. The van der Waals surface area contributed by atoms with Gasteiger partial charge in [-0.15, -0.1) is 11.8 Å². The van der Waals surface area contributed by atoms with Gasteiger partial charge in [0.05, 0.1) is 48.6 Å². The maximum absolute atomic E-state index is 15.1. The Kier molecular flexibility index (Phi) is 22.2. The van der Waals surface area contributed by atoms with Crippen molar-refractivity contribution < 1.29 is 66.9 Å². The van der Waals surface area contributed by atoms with E-state index in [1.54, 1.807) is 42.3 Å². The van der Waals surface area contributed by atoms with Gasteiger partial charge in [0, 0.05) is 67.1 Å². The summed E-state index contributed by atoms with van der Waals surface area (Å²) in [4.78, 5) is 46.1. The summed E-state index contributed by atoms with van der Waals surface area (Å²) in [5.41, 5.74) is -2.43. The van der Waals surface area contributed by atoms with Crippen LogP contribution in [-0.4, -0.2) is 158 Å². The number of aliphatic hydroxyl groups is 1. The average molecular weight is 1110 g/mol. The minimum atomic E-state index is -1.36. The standard InChI is InChI=1S/C49H79NO14S.C3H7I/c1-17-35-49(10)37(41(45(54)64-49)65-25-32-18-20-33(55-13)21-19-32)28(4)38(51)26(2)23-47(8,57-15)42(63-46-39(52)34(50(11)12)22-27(3)59-46)29(5)40(30(6)44(53)61-35)62-36-24-48(9,58-16)43(56-14)31(7)60-36;1-3(2)4/h18-21,26-31,34-37,39-43,46,52H,17,22-25H2,1-16H3;3H,1-2H3/t26-,27-,28-,29+,30-,31+,34+,35-,36+,37?,39-,40+,41?,42-,43+,46+,47-,48-,49-;/m1./s1. The first-order valence-corrected chi connectivity index (χ1v) is 27.0. The molecular weight excluding hydrogens is 1020 g/mol. The van der Waals surface area contributed by atoms with Crippen molar-refractivity contribution in [2.24, 2.45) is 29.6 Å². The van der Waals surface area contributed by atoms with Gasteiger partial charge in [-0.1, -0.05) is 76.3 Å². The van der Waals surface area contributed by atoms with Gasteiger partial charge in [-0.2, -0.15) is 0 Å². The molecule has 69 heavy (non-hydrogen) atoms. The Morgan fingerprint density at radius 1 is 0.855 bits per heavy atom. The summed E-state index contributed by atoms with van der Waals surface area (Å²) < 4.78 is 64.3. The summed E-state index contributed by atoms with van der Waals surface area (Å²) in [5.74, 6) is -3.62. The van der Waals surface area contributed by atoms with Crippen molar-refractivity contribution in [3.8, 4) is 5.75 Å². The Balaban J connectivity index is 0.00000249. The molecule has 15 nitrogen and oxygen atoms in total. The molecule has 4 heterocycles. The van der Waals surface area contributed by atoms with Crippen LogP contribution in [0.15, 0.2) is 24.3 Å². The number of cyclic esters (lactones) is 1. The number of carbonyl (C=O) groups excluding carboxylic acids is 3. The lowest BCUT2D eigenvalue weighted by atomic mass is 9.70. The number of ether oxygens (including phenoxy) is 10. The fourth-order valence-electron chi connectivity index (χ4n) is 11.2. The zero-order valence-corrected chi connectivity index (χ0v) is 47.6. The molecule has 19 atom stereocenters. The van der Waals surface area contributed by atoms with Crippen LogP contribution in [0.3, 0.4) is 0 Å². The Morgan fingerprint density at radius 2 is 1.45 bits per heavy atom. The maximum Gasteiger partial charge on any atom is 0.320 e. The van der Waals surface area contributed by atoms with Crippen LogP contribution < -0.4 is 4.74 Å². The van der Waals surface area contributed by atoms with Gasteiger partial charge in [-0.3, -0.25) is 14.4 Å². The van der Waals surface area contributed by atoms with E-state index in [1.165, 1.54) is 11.8 Å². The first-order valence-electron chi connectivity index (χ1n) is 24.7. The van der Waals surface area contributed by atoms with Crippen LogP contribution in [0.4, 0.5) is 0 Å². The largest absolute Gasteiger partial charge is 0.497 e. The number of carbonyl (C=O) groups is 3. The van der Waals surface area contributed by atoms with Crippen LogP contribution in [0, 0.1) is 29.6 Å². The second-order valence-corrected chi connectivity index (χ2v) is 24.5. The fourth-order valence-corrected chi connectivity index (χ4v) is 12.7. The van der Waals surface area contributed by atoms with E-state index in [1.807, 2.05) is 98.7 Å². The SMILES string of the molecule is CC(C)I.CC[C@H]1OC(=O)[C@H](C)[C@@H](O[C@H]2C[C@@](C)(OC)[C@@H](OC)[C@H](C)O2)[C@H](C)[C@@H](O[C@@H]2O[C@H](C)C[C@H](N(C)C)[C@H]2O)[C@](C)(OC)C[C@@H](C)C(=O)[C@H](C)C2C(SCc3ccc(OC)cc3)C(=O)O[C@@]21C. The van der Waals surface area contributed by atoms with Gasteiger partial charge in [0.25, 0.3) is 0 Å². The molecule has 0 spiro atoms. The van der Waals surface area contributed by atoms with Gasteiger partial charge >= 0.3 is 11.9 Å². The predicted molar refractivity (Wildman–Crippen MR) is 274 cm³/mol. The van der Waals surface area contributed by atoms with Crippen molar-refractivity contribution in [2.45, 2.75) is 202 Å². The van der Waals surface area contributed by atoms with Crippen molar-refractivity contribution in [2.75, 3.05) is 42.5 Å². The number of alkyl halides is 1. The Morgan fingerprint density at radius 3 is 1.99 bits per heavy atom. The Labute approximate surface area is 431 Å². The molecule has 4 saturated heterocycles. The second kappa shape index (κ2) is 25.5. The molecule has 4 aliphatic rings. The van der Waals surface area contributed by atoms with Gasteiger partial charge in [-0.25, -0.2) is 0 Å². The van der Waals surface area contributed by atoms with Crippen LogP contribution in [0.2, 0.25) is 0 Å². The average Bonchev–Trinajstić information content (AvgIpc) is 3.56. The number of methoxy groups -OCH3 is 4. The number of esters is 2. The number of thioether (sulfide) groups is 1. The number of halogens is 1. The number of hydrogen-bond donors (Lipinski definition) is 1. The third-order valence-corrected chi connectivity index (χ3v) is 16.4. The van der Waals surface area contributed by atoms with Gasteiger partial charge in [0.15, 0.2) is 18.2 Å². The highest BCUT2D eigenvalue weighted by molar-refractivity contribution is 14.1. The second-order valence-electron chi connectivity index (χ2n) is 20.9. The molecule has 0 aromatic heterocycles. The van der Waals surface area contributed by atoms with Crippen molar-refractivity contribution in [1.82, 2.24) is 4.90 Å². The molecule has 1 aromatic rings. The molecule has 4 fully saturated rings. The van der Waals surface area contributed by atoms with Crippen LogP contribution >= 0.6 is 34.4 Å². The van der Waals surface area contributed by atoms with E-state index in [0.29, 0.717) is 24.3 Å². The van der Waals surface area contributed by atoms with E-state index < -0.39 is 113 Å². The fraction of sp³-hybridized carbons (Fsp3) is 0.827. The van der Waals surface area contributed by atoms with Crippen molar-refractivity contribution in [3.63, 3.8) is 0 Å². The molecule has 5 rings (SSSR count). The van der Waals surface area contributed by atoms with Crippen molar-refractivity contribution in [1.29, 1.82) is 0 Å². The highest BCUT2D eigenvalue weighted by Crippen LogP contribution is 2.50. The van der Waals surface area contributed by atoms with E-state index in [9.17, 15) is 14.7 Å². The smallest absolute Gasteiger partial charge is 0.320 e. The van der Waals surface area contributed by atoms with Crippen molar-refractivity contribution >= 4 is 52.1 Å². The third kappa shape index (κ3) is 13.9. The molecule has 0 amide bonds. The number of ketones is 1. The lowest BCUT2D eigenvalue weighted by molar-refractivity contribution is -0.320. The Bertz CT molecular complexity index is 1810. The Hall–Kier alpha value is -1.65. The minimum Gasteiger partial charge on any atom is -0.497 e. The number of likely N-dealkylation sites (N-methyl/N-ethyl adjacent to an activating group) is 1. The minimum absolute atomic E-state index is 0.102. The van der Waals surface area contributed by atoms with Crippen LogP contribution in [0.25, 0.3) is 0 Å². The molecule has 1 aromatic carbocycles. The molecule has 0 bridgehead atoms. The van der Waals surface area contributed by atoms with Gasteiger partial charge in [0.1, 0.15) is 35.1 Å². The van der Waals surface area contributed by atoms with Gasteiger partial charge in [-0.05, 0) is 92.6 Å². The lowest BCUT2D eigenvalue weighted by Crippen LogP contribution is -2.61. The van der Waals surface area contributed by atoms with Gasteiger partial charge < -0.3 is 57.4 Å². The molecule has 17 heteroatoms. The number of Topliss-reactive ketones (excluding diaryl/α,β-unsaturated/α-hetero) is 1. The first kappa shape index (κ1) is 59.9. The van der Waals surface area contributed by atoms with E-state index in [4.69, 9.17) is 47.4 Å². The van der Waals surface area contributed by atoms with Crippen LogP contribution in [0.1, 0.15) is 114 Å². The first-order chi connectivity index (χ1) is 32.2. The highest BCUT2D eigenvalue weighted by Gasteiger charge is 2.62. The molecule has 396 valence electrons. The molecular formula is C52H86INO14S. The van der Waals surface area contributed by atoms with E-state index >= 15 is 4.79 Å². The summed E-state index contributed by atoms with van der Waals surface area (Å²) in [7, 11) is 10.2. The van der Waals surface area contributed by atoms with Crippen molar-refractivity contribution in [3.05, 3.63) is 29.8 Å². The number of nitrogens with zero attached hydrogens (tertiary/aromatic N) is 1. The number of benzene rings is 1. The number of fused-ring (bicyclic) bond motifs is 1. The van der Waals surface area contributed by atoms with E-state index in [0.717, 1.165) is 9.49 Å². The molecule has 0 radical (unpaired) electrons. The highest BCUT2D eigenvalue weighted by atomic mass is 127. The van der Waals surface area contributed by atoms with E-state index in [-0.39, 0.29) is 30.8 Å². The molecule has 1 N–H and O–H groups in total. The molecule has 0 saturated carbocycles. The summed E-state index contributed by atoms with van der Waals surface area (Å²) in [6, 6.07) is 7.35. The third-order valence-electron chi connectivity index (χ3n) is 15.1. The maximum atomic E-state index is 15.1. The molecule has 2 unspecified atom stereocenters. The monoisotopic (exact) mass is 1110 g/mol. The zero-order chi connectivity index (χ0) is 51.9. The molecule has 4 aliphatic heterocycles. The number of rotatable bonds is 13.